The Hall–Kier alpha value is -10.9. The second-order valence-electron chi connectivity index (χ2n) is 19.5. The van der Waals surface area contributed by atoms with Crippen LogP contribution in [0, 0.1) is 17.9 Å². The molecule has 0 aliphatic carbocycles. The zero-order chi connectivity index (χ0) is 49.9. The van der Waals surface area contributed by atoms with Gasteiger partial charge >= 0.3 is 0 Å². The van der Waals surface area contributed by atoms with Crippen molar-refractivity contribution in [3.8, 4) is 34.3 Å². The summed E-state index contributed by atoms with van der Waals surface area (Å²) in [5.41, 5.74) is 13.1. The molecule has 76 heavy (non-hydrogen) atoms. The topological polar surface area (TPSA) is 95.2 Å². The highest BCUT2D eigenvalue weighted by molar-refractivity contribution is 6.28. The molecule has 0 bridgehead atoms. The first-order valence-electron chi connectivity index (χ1n) is 25.1. The molecule has 9 nitrogen and oxygen atoms in total. The molecular formula is C67H34N6O3. The number of hydrogen-bond donors (Lipinski definition) is 0. The van der Waals surface area contributed by atoms with Crippen LogP contribution in [0.4, 0.5) is 5.69 Å². The molecule has 0 saturated heterocycles. The normalized spacial score (nSPS) is 12.2. The minimum atomic E-state index is 0.273. The minimum absolute atomic E-state index is 0.273. The van der Waals surface area contributed by atoms with E-state index >= 15 is 0 Å². The highest BCUT2D eigenvalue weighted by Crippen LogP contribution is 2.54. The van der Waals surface area contributed by atoms with Gasteiger partial charge in [0.25, 0.3) is 0 Å². The van der Waals surface area contributed by atoms with Crippen molar-refractivity contribution >= 4 is 137 Å². The van der Waals surface area contributed by atoms with Crippen molar-refractivity contribution in [3.63, 3.8) is 0 Å². The van der Waals surface area contributed by atoms with Crippen LogP contribution in [0.2, 0.25) is 0 Å². The molecule has 0 aliphatic rings. The molecule has 10 aromatic carbocycles. The summed E-state index contributed by atoms with van der Waals surface area (Å²) in [5, 5.41) is 23.8. The Morgan fingerprint density at radius 2 is 0.789 bits per heavy atom. The Labute approximate surface area is 429 Å². The number of para-hydroxylation sites is 6. The second-order valence-corrected chi connectivity index (χ2v) is 19.5. The maximum Gasteiger partial charge on any atom is 0.237 e. The third-order valence-corrected chi connectivity index (χ3v) is 15.8. The Kier molecular flexibility index (Phi) is 7.96. The van der Waals surface area contributed by atoms with Crippen molar-refractivity contribution < 1.29 is 13.3 Å². The van der Waals surface area contributed by atoms with Gasteiger partial charge in [0.05, 0.1) is 78.5 Å². The van der Waals surface area contributed by atoms with E-state index in [9.17, 15) is 11.8 Å². The summed E-state index contributed by atoms with van der Waals surface area (Å²) < 4.78 is 27.1. The first kappa shape index (κ1) is 40.7. The summed E-state index contributed by atoms with van der Waals surface area (Å²) in [7, 11) is 0. The van der Waals surface area contributed by atoms with Crippen LogP contribution < -0.4 is 0 Å². The predicted molar refractivity (Wildman–Crippen MR) is 306 cm³/mol. The Morgan fingerprint density at radius 1 is 0.395 bits per heavy atom. The lowest BCUT2D eigenvalue weighted by Gasteiger charge is -2.26. The number of rotatable bonds is 4. The van der Waals surface area contributed by atoms with Gasteiger partial charge in [0.1, 0.15) is 39.6 Å². The first-order valence-corrected chi connectivity index (χ1v) is 25.1. The molecule has 0 unspecified atom stereocenters. The van der Waals surface area contributed by atoms with Crippen molar-refractivity contribution in [2.45, 2.75) is 0 Å². The van der Waals surface area contributed by atoms with E-state index in [0.717, 1.165) is 131 Å². The van der Waals surface area contributed by atoms with E-state index in [4.69, 9.17) is 23.1 Å². The van der Waals surface area contributed by atoms with Crippen molar-refractivity contribution in [2.75, 3.05) is 0 Å². The van der Waals surface area contributed by atoms with E-state index in [0.29, 0.717) is 33.8 Å². The molecule has 0 radical (unpaired) electrons. The monoisotopic (exact) mass is 970 g/mol. The van der Waals surface area contributed by atoms with Crippen molar-refractivity contribution in [1.29, 1.82) is 5.26 Å². The van der Waals surface area contributed by atoms with Crippen LogP contribution in [0.5, 0.6) is 0 Å². The summed E-state index contributed by atoms with van der Waals surface area (Å²) >= 11 is 0. The molecule has 0 spiro atoms. The lowest BCUT2D eigenvalue weighted by Crippen LogP contribution is -2.11. The van der Waals surface area contributed by atoms with Gasteiger partial charge in [-0.15, -0.1) is 0 Å². The van der Waals surface area contributed by atoms with Crippen LogP contribution in [0.1, 0.15) is 5.56 Å². The number of fused-ring (bicyclic) bond motifs is 21. The standard InChI is InChI=1S/C67H34N6O3/c1-69-61-62(71-48-22-8-2-19-44(48)58-51(71)31-28-41-38-16-5-11-25-54(38)74-65(41)58)47(35-68)57(37-15-14-34-70-36-37)63(72-49-23-9-3-20-45(49)59-52(72)32-29-42-39-17-6-12-26-55(39)75-66(42)59)64(61)73-50-24-10-4-21-46(50)60-53(73)33-30-43-40-18-7-13-27-56(40)76-67(43)60/h2-34,36H. The van der Waals surface area contributed by atoms with E-state index in [1.807, 2.05) is 97.2 Å². The van der Waals surface area contributed by atoms with Gasteiger partial charge in [0.15, 0.2) is 0 Å². The third kappa shape index (κ3) is 5.12. The van der Waals surface area contributed by atoms with Gasteiger partial charge in [-0.1, -0.05) is 115 Å². The molecule has 0 saturated carbocycles. The zero-order valence-electron chi connectivity index (χ0n) is 40.0. The van der Waals surface area contributed by atoms with E-state index in [1.165, 1.54) is 0 Å². The fourth-order valence-electron chi connectivity index (χ4n) is 12.8. The Bertz CT molecular complexity index is 5510. The van der Waals surface area contributed by atoms with E-state index in [1.54, 1.807) is 6.20 Å². The maximum absolute atomic E-state index is 12.3. The summed E-state index contributed by atoms with van der Waals surface area (Å²) in [5.74, 6) is 0. The van der Waals surface area contributed by atoms with Gasteiger partial charge in [-0.25, -0.2) is 4.85 Å². The highest BCUT2D eigenvalue weighted by Gasteiger charge is 2.34. The quantitative estimate of drug-likeness (QED) is 0.164. The first-order chi connectivity index (χ1) is 37.7. The third-order valence-electron chi connectivity index (χ3n) is 15.8. The summed E-state index contributed by atoms with van der Waals surface area (Å²) in [6, 6.07) is 68.8. The van der Waals surface area contributed by atoms with Gasteiger partial charge in [-0.05, 0) is 78.9 Å². The number of benzene rings is 10. The minimum Gasteiger partial charge on any atom is -0.455 e. The molecule has 0 fully saturated rings. The van der Waals surface area contributed by atoms with Crippen LogP contribution >= 0.6 is 0 Å². The summed E-state index contributed by atoms with van der Waals surface area (Å²) in [6.45, 7) is 9.75. The lowest BCUT2D eigenvalue weighted by atomic mass is 9.93. The van der Waals surface area contributed by atoms with E-state index < -0.39 is 0 Å². The van der Waals surface area contributed by atoms with Gasteiger partial charge in [0, 0.05) is 72.0 Å². The number of nitriles is 1. The van der Waals surface area contributed by atoms with Crippen molar-refractivity contribution in [1.82, 2.24) is 18.7 Å². The Morgan fingerprint density at radius 3 is 1.20 bits per heavy atom. The average molecular weight is 971 g/mol. The van der Waals surface area contributed by atoms with E-state index in [2.05, 4.69) is 123 Å². The number of furan rings is 3. The SMILES string of the molecule is [C-]#[N+]c1c(-n2c3ccccc3c3c4oc5ccccc5c4ccc32)c(C#N)c(-c2cccnc2)c(-n2c3ccccc3c3c4oc5ccccc5c4ccc32)c1-n1c2ccccc2c2c3oc4ccccc4c3ccc21. The molecule has 0 atom stereocenters. The van der Waals surface area contributed by atoms with Crippen LogP contribution in [0.3, 0.4) is 0 Å². The maximum atomic E-state index is 12.3. The molecular weight excluding hydrogens is 937 g/mol. The average Bonchev–Trinajstić information content (AvgIpc) is 4.45. The zero-order valence-corrected chi connectivity index (χ0v) is 40.0. The summed E-state index contributed by atoms with van der Waals surface area (Å²) in [4.78, 5) is 9.47. The fraction of sp³-hybridized carbons (Fsp3) is 0. The molecule has 0 N–H and O–H groups in total. The van der Waals surface area contributed by atoms with Gasteiger partial charge in [-0.3, -0.25) is 4.98 Å². The molecule has 7 heterocycles. The number of nitrogens with zero attached hydrogens (tertiary/aromatic N) is 6. The van der Waals surface area contributed by atoms with Gasteiger partial charge in [0.2, 0.25) is 5.69 Å². The number of hydrogen-bond acceptors (Lipinski definition) is 5. The molecule has 17 rings (SSSR count). The molecule has 0 amide bonds. The molecule has 9 heteroatoms. The largest absolute Gasteiger partial charge is 0.455 e. The van der Waals surface area contributed by atoms with Gasteiger partial charge < -0.3 is 27.0 Å². The molecule has 17 aromatic rings. The van der Waals surface area contributed by atoms with Crippen molar-refractivity contribution in [3.05, 3.63) is 223 Å². The van der Waals surface area contributed by atoms with Crippen LogP contribution in [-0.2, 0) is 0 Å². The lowest BCUT2D eigenvalue weighted by molar-refractivity contribution is 0.672. The molecule has 350 valence electrons. The highest BCUT2D eigenvalue weighted by atomic mass is 16.3. The molecule has 0 aliphatic heterocycles. The number of pyridine rings is 1. The van der Waals surface area contributed by atoms with Crippen LogP contribution in [-0.4, -0.2) is 18.7 Å². The second kappa shape index (κ2) is 14.9. The number of aromatic nitrogens is 4. The predicted octanol–water partition coefficient (Wildman–Crippen LogP) is 18.2. The van der Waals surface area contributed by atoms with Crippen LogP contribution in [0.15, 0.2) is 220 Å². The van der Waals surface area contributed by atoms with E-state index in [-0.39, 0.29) is 5.69 Å². The Balaban J connectivity index is 1.14. The van der Waals surface area contributed by atoms with Crippen LogP contribution in [0.25, 0.3) is 164 Å². The van der Waals surface area contributed by atoms with Crippen molar-refractivity contribution in [2.24, 2.45) is 0 Å². The van der Waals surface area contributed by atoms with Gasteiger partial charge in [-0.2, -0.15) is 5.26 Å². The fourth-order valence-corrected chi connectivity index (χ4v) is 12.8. The smallest absolute Gasteiger partial charge is 0.237 e. The molecule has 7 aromatic heterocycles. The summed E-state index contributed by atoms with van der Waals surface area (Å²) in [6.07, 6.45) is 3.57.